The average molecular weight is 316 g/mol. The number of aromatic nitrogens is 4. The minimum Gasteiger partial charge on any atom is -0.223 e. The predicted octanol–water partition coefficient (Wildman–Crippen LogP) is 3.53. The van der Waals surface area contributed by atoms with E-state index < -0.39 is 0 Å². The first-order valence-corrected chi connectivity index (χ1v) is 7.35. The lowest BCUT2D eigenvalue weighted by Gasteiger charge is -2.03. The summed E-state index contributed by atoms with van der Waals surface area (Å²) < 4.78 is 1.59. The molecule has 0 saturated heterocycles. The second-order valence-electron chi connectivity index (χ2n) is 4.46. The smallest absolute Gasteiger partial charge is 0.212 e. The molecule has 3 rings (SSSR count). The Kier molecular flexibility index (Phi) is 3.45. The lowest BCUT2D eigenvalue weighted by atomic mass is 10.1. The van der Waals surface area contributed by atoms with Gasteiger partial charge in [-0.25, -0.2) is 4.98 Å². The fourth-order valence-electron chi connectivity index (χ4n) is 1.93. The highest BCUT2D eigenvalue weighted by Gasteiger charge is 2.19. The van der Waals surface area contributed by atoms with Crippen molar-refractivity contribution in [3.05, 3.63) is 45.6 Å². The van der Waals surface area contributed by atoms with E-state index in [0.717, 1.165) is 16.1 Å². The Morgan fingerprint density at radius 3 is 2.76 bits per heavy atom. The van der Waals surface area contributed by atoms with Gasteiger partial charge >= 0.3 is 0 Å². The predicted molar refractivity (Wildman–Crippen MR) is 81.7 cm³/mol. The number of rotatable bonds is 2. The molecule has 3 aromatic rings. The van der Waals surface area contributed by atoms with E-state index in [2.05, 4.69) is 21.4 Å². The van der Waals surface area contributed by atoms with Gasteiger partial charge < -0.3 is 0 Å². The maximum Gasteiger partial charge on any atom is 0.212 e. The van der Waals surface area contributed by atoms with Gasteiger partial charge in [0.1, 0.15) is 11.8 Å². The van der Waals surface area contributed by atoms with E-state index in [1.165, 1.54) is 11.3 Å². The van der Waals surface area contributed by atoms with Crippen molar-refractivity contribution >= 4 is 22.9 Å². The number of nitrogens with zero attached hydrogens (tertiary/aromatic N) is 5. The van der Waals surface area contributed by atoms with Gasteiger partial charge in [-0.1, -0.05) is 40.3 Å². The molecule has 5 nitrogen and oxygen atoms in total. The number of aryl methyl sites for hydroxylation is 2. The molecule has 2 heterocycles. The molecule has 0 fully saturated rings. The average Bonchev–Trinajstić information content (AvgIpc) is 3.03. The summed E-state index contributed by atoms with van der Waals surface area (Å²) in [5.41, 5.74) is 2.59. The molecule has 0 radical (unpaired) electrons. The second kappa shape index (κ2) is 5.28. The Hall–Kier alpha value is -2.23. The van der Waals surface area contributed by atoms with Gasteiger partial charge in [0.2, 0.25) is 5.13 Å². The summed E-state index contributed by atoms with van der Waals surface area (Å²) in [5, 5.41) is 18.5. The molecule has 2 aromatic heterocycles. The number of halogens is 1. The Bertz CT molecular complexity index is 839. The van der Waals surface area contributed by atoms with Crippen LogP contribution >= 0.6 is 22.9 Å². The highest BCUT2D eigenvalue weighted by molar-refractivity contribution is 7.14. The summed E-state index contributed by atoms with van der Waals surface area (Å²) in [4.78, 5) is 5.58. The minimum atomic E-state index is 0.253. The van der Waals surface area contributed by atoms with Crippen molar-refractivity contribution in [1.29, 1.82) is 5.26 Å². The summed E-state index contributed by atoms with van der Waals surface area (Å²) >= 11 is 7.55. The van der Waals surface area contributed by atoms with Gasteiger partial charge in [0.25, 0.3) is 0 Å². The van der Waals surface area contributed by atoms with Crippen LogP contribution in [0.5, 0.6) is 0 Å². The standard InChI is InChI=1S/C14H10ClN5S/c1-8-9(2)21-14(17-8)20-13(12(7-16)18-19-20)10-4-3-5-11(15)6-10/h3-6H,1-2H3. The van der Waals surface area contributed by atoms with Crippen molar-refractivity contribution in [3.63, 3.8) is 0 Å². The van der Waals surface area contributed by atoms with Gasteiger partial charge in [0.05, 0.1) is 5.69 Å². The van der Waals surface area contributed by atoms with E-state index >= 15 is 0 Å². The van der Waals surface area contributed by atoms with E-state index in [4.69, 9.17) is 11.6 Å². The molecule has 104 valence electrons. The van der Waals surface area contributed by atoms with Crippen LogP contribution < -0.4 is 0 Å². The largest absolute Gasteiger partial charge is 0.223 e. The zero-order chi connectivity index (χ0) is 15.0. The molecule has 0 aliphatic carbocycles. The third-order valence-electron chi connectivity index (χ3n) is 3.07. The Labute approximate surface area is 130 Å². The van der Waals surface area contributed by atoms with Crippen LogP contribution in [0, 0.1) is 25.2 Å². The summed E-state index contributed by atoms with van der Waals surface area (Å²) in [6.45, 7) is 3.94. The van der Waals surface area contributed by atoms with Crippen molar-refractivity contribution in [2.24, 2.45) is 0 Å². The summed E-state index contributed by atoms with van der Waals surface area (Å²) in [5.74, 6) is 0. The maximum absolute atomic E-state index is 9.25. The van der Waals surface area contributed by atoms with Crippen LogP contribution in [0.15, 0.2) is 24.3 Å². The minimum absolute atomic E-state index is 0.253. The Balaban J connectivity index is 2.24. The fraction of sp³-hybridized carbons (Fsp3) is 0.143. The molecule has 21 heavy (non-hydrogen) atoms. The molecule has 7 heteroatoms. The van der Waals surface area contributed by atoms with Crippen molar-refractivity contribution in [2.75, 3.05) is 0 Å². The molecule has 0 spiro atoms. The molecule has 0 N–H and O–H groups in total. The SMILES string of the molecule is Cc1nc(-n2nnc(C#N)c2-c2cccc(Cl)c2)sc1C. The lowest BCUT2D eigenvalue weighted by molar-refractivity contribution is 0.798. The van der Waals surface area contributed by atoms with Crippen LogP contribution in [0.4, 0.5) is 0 Å². The molecule has 0 aliphatic heterocycles. The summed E-state index contributed by atoms with van der Waals surface area (Å²) in [7, 11) is 0. The van der Waals surface area contributed by atoms with Crippen LogP contribution in [0.1, 0.15) is 16.3 Å². The van der Waals surface area contributed by atoms with Crippen LogP contribution in [0.2, 0.25) is 5.02 Å². The van der Waals surface area contributed by atoms with Crippen LogP contribution in [-0.2, 0) is 0 Å². The van der Waals surface area contributed by atoms with E-state index in [1.54, 1.807) is 16.8 Å². The van der Waals surface area contributed by atoms with Crippen LogP contribution in [0.25, 0.3) is 16.4 Å². The van der Waals surface area contributed by atoms with Gasteiger partial charge in [0.15, 0.2) is 5.69 Å². The van der Waals surface area contributed by atoms with Crippen LogP contribution in [-0.4, -0.2) is 20.0 Å². The number of hydrogen-bond donors (Lipinski definition) is 0. The van der Waals surface area contributed by atoms with E-state index in [0.29, 0.717) is 15.8 Å². The molecular formula is C14H10ClN5S. The van der Waals surface area contributed by atoms with Gasteiger partial charge in [-0.15, -0.1) is 5.10 Å². The molecule has 0 unspecified atom stereocenters. The van der Waals surface area contributed by atoms with Gasteiger partial charge in [-0.05, 0) is 26.0 Å². The van der Waals surface area contributed by atoms with E-state index in [9.17, 15) is 5.26 Å². The first-order valence-electron chi connectivity index (χ1n) is 6.16. The summed E-state index contributed by atoms with van der Waals surface area (Å²) in [6.07, 6.45) is 0. The van der Waals surface area contributed by atoms with Gasteiger partial charge in [-0.3, -0.25) is 0 Å². The molecule has 0 bridgehead atoms. The van der Waals surface area contributed by atoms with Gasteiger partial charge in [-0.2, -0.15) is 9.94 Å². The number of thiazole rings is 1. The van der Waals surface area contributed by atoms with E-state index in [-0.39, 0.29) is 5.69 Å². The maximum atomic E-state index is 9.25. The zero-order valence-corrected chi connectivity index (χ0v) is 12.9. The monoisotopic (exact) mass is 315 g/mol. The highest BCUT2D eigenvalue weighted by atomic mass is 35.5. The quantitative estimate of drug-likeness (QED) is 0.725. The van der Waals surface area contributed by atoms with E-state index in [1.807, 2.05) is 26.0 Å². The first kappa shape index (κ1) is 13.7. The molecule has 0 saturated carbocycles. The van der Waals surface area contributed by atoms with Crippen molar-refractivity contribution in [2.45, 2.75) is 13.8 Å². The topological polar surface area (TPSA) is 67.4 Å². The Morgan fingerprint density at radius 1 is 1.33 bits per heavy atom. The molecule has 0 amide bonds. The first-order chi connectivity index (χ1) is 10.1. The second-order valence-corrected chi connectivity index (χ2v) is 6.08. The van der Waals surface area contributed by atoms with Gasteiger partial charge in [0, 0.05) is 15.5 Å². The third kappa shape index (κ3) is 2.42. The Morgan fingerprint density at radius 2 is 2.14 bits per heavy atom. The van der Waals surface area contributed by atoms with Crippen LogP contribution in [0.3, 0.4) is 0 Å². The zero-order valence-electron chi connectivity index (χ0n) is 11.3. The fourth-order valence-corrected chi connectivity index (χ4v) is 2.99. The molecule has 0 aliphatic rings. The number of benzene rings is 1. The highest BCUT2D eigenvalue weighted by Crippen LogP contribution is 2.29. The number of nitriles is 1. The number of hydrogen-bond acceptors (Lipinski definition) is 5. The molecule has 1 aromatic carbocycles. The van der Waals surface area contributed by atoms with Crippen molar-refractivity contribution < 1.29 is 0 Å². The summed E-state index contributed by atoms with van der Waals surface area (Å²) in [6, 6.07) is 9.33. The van der Waals surface area contributed by atoms with Crippen molar-refractivity contribution in [3.8, 4) is 22.5 Å². The molecule has 0 atom stereocenters. The van der Waals surface area contributed by atoms with Crippen molar-refractivity contribution in [1.82, 2.24) is 20.0 Å². The molecular weight excluding hydrogens is 306 g/mol. The third-order valence-corrected chi connectivity index (χ3v) is 4.36. The normalized spacial score (nSPS) is 10.6. The lowest BCUT2D eigenvalue weighted by Crippen LogP contribution is -1.99.